The topological polar surface area (TPSA) is 243 Å². The zero-order chi connectivity index (χ0) is 59.9. The van der Waals surface area contributed by atoms with Gasteiger partial charge in [0.15, 0.2) is 5.78 Å². The quantitative estimate of drug-likeness (QED) is 0.0421. The summed E-state index contributed by atoms with van der Waals surface area (Å²) in [5, 5.41) is 11.1. The number of nitrogens with two attached hydrogens (primary N) is 1. The van der Waals surface area contributed by atoms with Crippen molar-refractivity contribution in [3.8, 4) is 28.0 Å². The number of benzene rings is 4. The number of Topliss-reactive ketones (excluding diaryl/α,β-unsaturated/α-hetero) is 1. The summed E-state index contributed by atoms with van der Waals surface area (Å²) in [7, 11) is 4.30. The molecule has 20 heteroatoms. The van der Waals surface area contributed by atoms with E-state index in [0.717, 1.165) is 74.5 Å². The van der Waals surface area contributed by atoms with E-state index in [1.807, 2.05) is 36.4 Å². The van der Waals surface area contributed by atoms with Gasteiger partial charge in [-0.05, 0) is 153 Å². The lowest BCUT2D eigenvalue weighted by Crippen LogP contribution is -2.45. The molecule has 0 atom stereocenters. The van der Waals surface area contributed by atoms with Gasteiger partial charge >= 0.3 is 12.2 Å². The Morgan fingerprint density at radius 1 is 0.536 bits per heavy atom. The molecule has 0 aliphatic carbocycles. The number of amides is 4. The predicted octanol–water partition coefficient (Wildman–Crippen LogP) is 10.3. The second-order valence-electron chi connectivity index (χ2n) is 22.1. The summed E-state index contributed by atoms with van der Waals surface area (Å²) >= 11 is 0. The zero-order valence-corrected chi connectivity index (χ0v) is 48.9. The highest BCUT2D eigenvalue weighted by molar-refractivity contribution is 6.09. The van der Waals surface area contributed by atoms with Crippen molar-refractivity contribution in [1.29, 1.82) is 0 Å². The van der Waals surface area contributed by atoms with Crippen LogP contribution in [-0.4, -0.2) is 163 Å². The molecule has 0 bridgehead atoms. The van der Waals surface area contributed by atoms with Gasteiger partial charge < -0.3 is 45.3 Å². The number of carbonyl (C=O) groups excluding carboxylic acids is 6. The van der Waals surface area contributed by atoms with Gasteiger partial charge in [-0.2, -0.15) is 0 Å². The number of likely N-dealkylation sites (N-methyl/N-ethyl adjacent to an activating group) is 2. The molecular formula is C64H83N11O9. The van der Waals surface area contributed by atoms with Crippen molar-refractivity contribution in [2.75, 3.05) is 107 Å². The summed E-state index contributed by atoms with van der Waals surface area (Å²) in [5.41, 5.74) is 10.3. The van der Waals surface area contributed by atoms with Crippen LogP contribution < -0.4 is 31.7 Å². The standard InChI is InChI=1S/C32H39N5O4.C24H23N3O5.C7H17N3.CH4/c1-32(2,3)41-31(40)35-27-14-13-25(26-7-5-15-33-22-26)21-28(27)34-30(39)24-11-9-23(10-12-24)29(38)8-6-16-37-19-17-36(4)18-20-37;1-24(2,3)32-23(30)27-20-11-8-17(18-5-4-12-25-14-18)13-21(20)26-22(29)16-6-9-19(10-7-16)31-15-28;1-9-4-6-10(3-2-8)7-5-9;/h5,7,9-15,21-22H,6,8,16-20H2,1-4H3,(H,34,39)(H,35,40);4-15H,1-3H3,(H,26,29)(H,27,30);2-8H2,1H3;1H4. The highest BCUT2D eigenvalue weighted by Gasteiger charge is 2.22. The third-order valence-corrected chi connectivity index (χ3v) is 13.1. The summed E-state index contributed by atoms with van der Waals surface area (Å²) in [6, 6.07) is 30.8. The number of rotatable bonds is 17. The van der Waals surface area contributed by atoms with E-state index in [0.29, 0.717) is 58.1 Å². The van der Waals surface area contributed by atoms with Crippen LogP contribution in [-0.2, 0) is 14.3 Å². The molecule has 4 aromatic carbocycles. The first-order valence-corrected chi connectivity index (χ1v) is 27.7. The summed E-state index contributed by atoms with van der Waals surface area (Å²) in [5.74, 6) is -0.380. The first kappa shape index (κ1) is 66.4. The van der Waals surface area contributed by atoms with Crippen LogP contribution in [0.25, 0.3) is 22.3 Å². The maximum absolute atomic E-state index is 13.2. The van der Waals surface area contributed by atoms with E-state index in [9.17, 15) is 28.8 Å². The number of pyridine rings is 2. The van der Waals surface area contributed by atoms with E-state index in [-0.39, 0.29) is 19.1 Å². The molecule has 20 nitrogen and oxygen atoms in total. The highest BCUT2D eigenvalue weighted by atomic mass is 16.6. The Morgan fingerprint density at radius 3 is 1.35 bits per heavy atom. The van der Waals surface area contributed by atoms with E-state index in [2.05, 4.69) is 64.9 Å². The van der Waals surface area contributed by atoms with Crippen LogP contribution in [0, 0.1) is 0 Å². The summed E-state index contributed by atoms with van der Waals surface area (Å²) < 4.78 is 15.5. The molecule has 2 aliphatic heterocycles. The maximum Gasteiger partial charge on any atom is 0.412 e. The first-order valence-electron chi connectivity index (χ1n) is 27.7. The smallest absolute Gasteiger partial charge is 0.412 e. The Balaban J connectivity index is 0.000000266. The second kappa shape index (κ2) is 32.4. The Morgan fingerprint density at radius 2 is 0.952 bits per heavy atom. The molecule has 2 aliphatic rings. The van der Waals surface area contributed by atoms with Gasteiger partial charge in [-0.1, -0.05) is 43.8 Å². The maximum atomic E-state index is 13.2. The SMILES string of the molecule is C.CC(C)(C)OC(=O)Nc1ccc(-c2cccnc2)cc1NC(=O)c1ccc(OC=O)cc1.CN1CCN(CCCC(=O)c2ccc(C(=O)Nc3cc(-c4cccnc4)ccc3NC(=O)OC(C)(C)C)cc2)CC1.CN1CCN(CCN)CC1. The Bertz CT molecular complexity index is 3060. The third-order valence-electron chi connectivity index (χ3n) is 13.1. The molecule has 2 fully saturated rings. The van der Waals surface area contributed by atoms with Crippen molar-refractivity contribution in [3.05, 3.63) is 151 Å². The number of ketones is 1. The van der Waals surface area contributed by atoms with Gasteiger partial charge in [0.05, 0.1) is 22.7 Å². The van der Waals surface area contributed by atoms with Gasteiger partial charge in [0.1, 0.15) is 17.0 Å². The number of aromatic nitrogens is 2. The van der Waals surface area contributed by atoms with Gasteiger partial charge in [0, 0.05) is 124 Å². The number of anilines is 4. The van der Waals surface area contributed by atoms with Crippen LogP contribution >= 0.6 is 0 Å². The number of nitrogens with zero attached hydrogens (tertiary/aromatic N) is 6. The number of piperazine rings is 2. The van der Waals surface area contributed by atoms with Crippen molar-refractivity contribution in [1.82, 2.24) is 29.6 Å². The fourth-order valence-electron chi connectivity index (χ4n) is 8.64. The number of carbonyl (C=O) groups is 6. The van der Waals surface area contributed by atoms with Crippen LogP contribution in [0.15, 0.2) is 134 Å². The number of nitrogens with one attached hydrogen (secondary N) is 4. The van der Waals surface area contributed by atoms with Crippen molar-refractivity contribution in [3.63, 3.8) is 0 Å². The van der Waals surface area contributed by atoms with Crippen LogP contribution in [0.4, 0.5) is 32.3 Å². The average molecular weight is 1150 g/mol. The largest absolute Gasteiger partial charge is 0.444 e. The lowest BCUT2D eigenvalue weighted by atomic mass is 10.0. The fourth-order valence-corrected chi connectivity index (χ4v) is 8.64. The minimum absolute atomic E-state index is 0. The van der Waals surface area contributed by atoms with Gasteiger partial charge in [0.25, 0.3) is 18.3 Å². The lowest BCUT2D eigenvalue weighted by molar-refractivity contribution is -0.120. The highest BCUT2D eigenvalue weighted by Crippen LogP contribution is 2.32. The first-order chi connectivity index (χ1) is 39.6. The fraction of sp³-hybridized carbons (Fsp3) is 0.375. The molecule has 84 heavy (non-hydrogen) atoms. The molecular weight excluding hydrogens is 1070 g/mol. The normalized spacial score (nSPS) is 13.9. The zero-order valence-electron chi connectivity index (χ0n) is 48.9. The molecule has 0 radical (unpaired) electrons. The molecule has 4 heterocycles. The molecule has 8 rings (SSSR count). The van der Waals surface area contributed by atoms with Crippen molar-refractivity contribution < 1.29 is 43.0 Å². The van der Waals surface area contributed by atoms with Gasteiger partial charge in [-0.3, -0.25) is 44.7 Å². The summed E-state index contributed by atoms with van der Waals surface area (Å²) in [6.07, 6.45) is 6.80. The molecule has 2 aromatic heterocycles. The Labute approximate surface area is 494 Å². The van der Waals surface area contributed by atoms with E-state index >= 15 is 0 Å². The second-order valence-corrected chi connectivity index (χ2v) is 22.1. The van der Waals surface area contributed by atoms with Gasteiger partial charge in [0.2, 0.25) is 0 Å². The molecule has 4 amide bonds. The van der Waals surface area contributed by atoms with Crippen molar-refractivity contribution in [2.45, 2.75) is 73.0 Å². The Kier molecular flexibility index (Phi) is 25.6. The third kappa shape index (κ3) is 22.4. The number of hydrogen-bond donors (Lipinski definition) is 5. The van der Waals surface area contributed by atoms with E-state index in [1.165, 1.54) is 50.4 Å². The van der Waals surface area contributed by atoms with Gasteiger partial charge in [-0.15, -0.1) is 0 Å². The molecule has 0 spiro atoms. The van der Waals surface area contributed by atoms with Crippen LogP contribution in [0.2, 0.25) is 0 Å². The number of hydrogen-bond acceptors (Lipinski definition) is 16. The molecule has 6 aromatic rings. The lowest BCUT2D eigenvalue weighted by Gasteiger charge is -2.32. The molecule has 0 saturated carbocycles. The molecule has 6 N–H and O–H groups in total. The minimum atomic E-state index is -0.674. The average Bonchev–Trinajstić information content (AvgIpc) is 3.46. The summed E-state index contributed by atoms with van der Waals surface area (Å²) in [6.45, 7) is 22.7. The predicted molar refractivity (Wildman–Crippen MR) is 332 cm³/mol. The number of ether oxygens (including phenoxy) is 3. The van der Waals surface area contributed by atoms with E-state index in [1.54, 1.807) is 115 Å². The van der Waals surface area contributed by atoms with Gasteiger partial charge in [-0.25, -0.2) is 9.59 Å². The van der Waals surface area contributed by atoms with Crippen molar-refractivity contribution >= 4 is 59.0 Å². The van der Waals surface area contributed by atoms with Crippen LogP contribution in [0.5, 0.6) is 5.75 Å². The van der Waals surface area contributed by atoms with E-state index in [4.69, 9.17) is 19.9 Å². The summed E-state index contributed by atoms with van der Waals surface area (Å²) in [4.78, 5) is 91.8. The van der Waals surface area contributed by atoms with Crippen molar-refractivity contribution in [2.24, 2.45) is 5.73 Å². The molecule has 2 saturated heterocycles. The van der Waals surface area contributed by atoms with Crippen LogP contribution in [0.3, 0.4) is 0 Å². The monoisotopic (exact) mass is 1150 g/mol. The minimum Gasteiger partial charge on any atom is -0.444 e. The van der Waals surface area contributed by atoms with E-state index < -0.39 is 29.3 Å². The molecule has 448 valence electrons. The van der Waals surface area contributed by atoms with Crippen LogP contribution in [0.1, 0.15) is 92.9 Å². The Hall–Kier alpha value is -8.40. The molecule has 0 unspecified atom stereocenters.